The molecule has 0 saturated heterocycles. The Balaban J connectivity index is 1.88. The van der Waals surface area contributed by atoms with Gasteiger partial charge in [0, 0.05) is 19.2 Å². The van der Waals surface area contributed by atoms with Crippen LogP contribution in [0.25, 0.3) is 0 Å². The van der Waals surface area contributed by atoms with E-state index in [1.807, 2.05) is 0 Å². The Morgan fingerprint density at radius 3 is 2.71 bits per heavy atom. The molecule has 1 aromatic heterocycles. The van der Waals surface area contributed by atoms with E-state index < -0.39 is 0 Å². The zero-order valence-corrected chi connectivity index (χ0v) is 9.83. The van der Waals surface area contributed by atoms with E-state index in [0.717, 1.165) is 32.0 Å². The van der Waals surface area contributed by atoms with E-state index in [1.54, 1.807) is 19.3 Å². The molecular formula is C12H16N2O3. The molecule has 0 atom stereocenters. The van der Waals surface area contributed by atoms with Gasteiger partial charge in [-0.2, -0.15) is 5.10 Å². The molecule has 1 heterocycles. The average molecular weight is 236 g/mol. The molecule has 5 heteroatoms. The molecule has 1 aromatic rings. The summed E-state index contributed by atoms with van der Waals surface area (Å²) in [5.74, 6) is -0.193. The topological polar surface area (TPSA) is 61.2 Å². The lowest BCUT2D eigenvalue weighted by Crippen LogP contribution is -2.25. The fraction of sp³-hybridized carbons (Fsp3) is 0.583. The summed E-state index contributed by atoms with van der Waals surface area (Å²) in [6.45, 7) is 0. The number of esters is 1. The number of ether oxygens (including phenoxy) is 1. The molecule has 1 aliphatic rings. The highest BCUT2D eigenvalue weighted by atomic mass is 16.5. The van der Waals surface area contributed by atoms with E-state index in [0.29, 0.717) is 5.69 Å². The minimum absolute atomic E-state index is 0.0615. The molecule has 0 bridgehead atoms. The Bertz CT molecular complexity index is 406. The number of aryl methyl sites for hydroxylation is 1. The first kappa shape index (κ1) is 11.8. The van der Waals surface area contributed by atoms with Gasteiger partial charge in [-0.3, -0.25) is 4.68 Å². The van der Waals surface area contributed by atoms with E-state index in [9.17, 15) is 9.59 Å². The van der Waals surface area contributed by atoms with Gasteiger partial charge in [0.1, 0.15) is 18.1 Å². The predicted octanol–water partition coefficient (Wildman–Crippen LogP) is 1.33. The highest BCUT2D eigenvalue weighted by Crippen LogP contribution is 2.25. The van der Waals surface area contributed by atoms with Crippen LogP contribution in [0.4, 0.5) is 0 Å². The molecule has 2 rings (SSSR count). The van der Waals surface area contributed by atoms with E-state index in [2.05, 4.69) is 5.10 Å². The van der Waals surface area contributed by atoms with Crippen LogP contribution in [0.1, 0.15) is 36.2 Å². The molecule has 1 fully saturated rings. The van der Waals surface area contributed by atoms with Crippen LogP contribution in [0.5, 0.6) is 0 Å². The number of hydrogen-bond donors (Lipinski definition) is 0. The van der Waals surface area contributed by atoms with E-state index >= 15 is 0 Å². The van der Waals surface area contributed by atoms with Gasteiger partial charge >= 0.3 is 5.97 Å². The zero-order chi connectivity index (χ0) is 12.3. The van der Waals surface area contributed by atoms with Crippen molar-refractivity contribution < 1.29 is 14.3 Å². The second-order valence-corrected chi connectivity index (χ2v) is 4.42. The summed E-state index contributed by atoms with van der Waals surface area (Å²) in [6.07, 6.45) is 5.67. The van der Waals surface area contributed by atoms with Crippen molar-refractivity contribution in [1.82, 2.24) is 9.78 Å². The van der Waals surface area contributed by atoms with Crippen molar-refractivity contribution in [3.05, 3.63) is 18.0 Å². The van der Waals surface area contributed by atoms with Crippen LogP contribution in [0.3, 0.4) is 0 Å². The SMILES string of the molecule is Cn1nccc1C(=O)OC1CCC(C=O)CC1. The third-order valence-corrected chi connectivity index (χ3v) is 3.22. The third kappa shape index (κ3) is 2.72. The van der Waals surface area contributed by atoms with Crippen molar-refractivity contribution in [1.29, 1.82) is 0 Å². The standard InChI is InChI=1S/C12H16N2O3/c1-14-11(6-7-13-14)12(16)17-10-4-2-9(8-15)3-5-10/h6-10H,2-5H2,1H3. The first-order valence-corrected chi connectivity index (χ1v) is 5.85. The number of hydrogen-bond acceptors (Lipinski definition) is 4. The van der Waals surface area contributed by atoms with Gasteiger partial charge < -0.3 is 9.53 Å². The van der Waals surface area contributed by atoms with Crippen molar-refractivity contribution in [2.45, 2.75) is 31.8 Å². The van der Waals surface area contributed by atoms with Gasteiger partial charge in [-0.05, 0) is 31.7 Å². The summed E-state index contributed by atoms with van der Waals surface area (Å²) in [6, 6.07) is 1.64. The summed E-state index contributed by atoms with van der Waals surface area (Å²) in [7, 11) is 1.71. The number of carbonyl (C=O) groups is 2. The van der Waals surface area contributed by atoms with Crippen LogP contribution >= 0.6 is 0 Å². The van der Waals surface area contributed by atoms with Crippen LogP contribution in [-0.2, 0) is 16.6 Å². The van der Waals surface area contributed by atoms with Gasteiger partial charge in [0.2, 0.25) is 0 Å². The molecule has 0 amide bonds. The lowest BCUT2D eigenvalue weighted by Gasteiger charge is -2.25. The lowest BCUT2D eigenvalue weighted by molar-refractivity contribution is -0.112. The lowest BCUT2D eigenvalue weighted by atomic mass is 9.88. The van der Waals surface area contributed by atoms with E-state index in [-0.39, 0.29) is 18.0 Å². The van der Waals surface area contributed by atoms with Crippen molar-refractivity contribution in [3.63, 3.8) is 0 Å². The Labute approximate surface area is 99.8 Å². The molecule has 17 heavy (non-hydrogen) atoms. The largest absolute Gasteiger partial charge is 0.458 e. The molecule has 1 saturated carbocycles. The maximum absolute atomic E-state index is 11.8. The van der Waals surface area contributed by atoms with Crippen molar-refractivity contribution in [3.8, 4) is 0 Å². The maximum Gasteiger partial charge on any atom is 0.356 e. The molecule has 92 valence electrons. The molecule has 0 spiro atoms. The monoisotopic (exact) mass is 236 g/mol. The fourth-order valence-corrected chi connectivity index (χ4v) is 2.13. The molecule has 0 radical (unpaired) electrons. The summed E-state index contributed by atoms with van der Waals surface area (Å²) in [4.78, 5) is 22.4. The quantitative estimate of drug-likeness (QED) is 0.587. The summed E-state index contributed by atoms with van der Waals surface area (Å²) in [5.41, 5.74) is 0.461. The first-order valence-electron chi connectivity index (χ1n) is 5.85. The molecule has 0 aromatic carbocycles. The van der Waals surface area contributed by atoms with Gasteiger partial charge in [-0.25, -0.2) is 4.79 Å². The molecule has 0 unspecified atom stereocenters. The number of aromatic nitrogens is 2. The van der Waals surface area contributed by atoms with Gasteiger partial charge in [-0.15, -0.1) is 0 Å². The predicted molar refractivity (Wildman–Crippen MR) is 60.4 cm³/mol. The first-order chi connectivity index (χ1) is 8.20. The van der Waals surface area contributed by atoms with Crippen LogP contribution in [-0.4, -0.2) is 28.1 Å². The Morgan fingerprint density at radius 2 is 2.18 bits per heavy atom. The van der Waals surface area contributed by atoms with Gasteiger partial charge in [0.25, 0.3) is 0 Å². The highest BCUT2D eigenvalue weighted by Gasteiger charge is 2.24. The second-order valence-electron chi connectivity index (χ2n) is 4.42. The Hall–Kier alpha value is -1.65. The third-order valence-electron chi connectivity index (χ3n) is 3.22. The summed E-state index contributed by atoms with van der Waals surface area (Å²) < 4.78 is 6.89. The van der Waals surface area contributed by atoms with Gasteiger partial charge in [0.15, 0.2) is 0 Å². The number of nitrogens with zero attached hydrogens (tertiary/aromatic N) is 2. The minimum atomic E-state index is -0.334. The molecule has 0 aliphatic heterocycles. The van der Waals surface area contributed by atoms with E-state index in [4.69, 9.17) is 4.74 Å². The number of carbonyl (C=O) groups excluding carboxylic acids is 2. The van der Waals surface area contributed by atoms with E-state index in [1.165, 1.54) is 4.68 Å². The normalized spacial score (nSPS) is 24.3. The van der Waals surface area contributed by atoms with Crippen LogP contribution < -0.4 is 0 Å². The molecule has 1 aliphatic carbocycles. The Kier molecular flexibility index (Phi) is 3.56. The van der Waals surface area contributed by atoms with Gasteiger partial charge in [0.05, 0.1) is 0 Å². The van der Waals surface area contributed by atoms with Crippen LogP contribution in [0.15, 0.2) is 12.3 Å². The number of aldehydes is 1. The van der Waals surface area contributed by atoms with Crippen molar-refractivity contribution in [2.75, 3.05) is 0 Å². The smallest absolute Gasteiger partial charge is 0.356 e. The zero-order valence-electron chi connectivity index (χ0n) is 9.83. The van der Waals surface area contributed by atoms with Gasteiger partial charge in [-0.1, -0.05) is 0 Å². The summed E-state index contributed by atoms with van der Waals surface area (Å²) in [5, 5.41) is 3.93. The average Bonchev–Trinajstić information content (AvgIpc) is 2.76. The van der Waals surface area contributed by atoms with Crippen LogP contribution in [0.2, 0.25) is 0 Å². The summed E-state index contributed by atoms with van der Waals surface area (Å²) >= 11 is 0. The van der Waals surface area contributed by atoms with Crippen LogP contribution in [0, 0.1) is 5.92 Å². The maximum atomic E-state index is 11.8. The molecular weight excluding hydrogens is 220 g/mol. The van der Waals surface area contributed by atoms with Crippen molar-refractivity contribution in [2.24, 2.45) is 13.0 Å². The molecule has 0 N–H and O–H groups in total. The molecule has 5 nitrogen and oxygen atoms in total. The highest BCUT2D eigenvalue weighted by molar-refractivity contribution is 5.87. The minimum Gasteiger partial charge on any atom is -0.458 e. The number of rotatable bonds is 3. The second kappa shape index (κ2) is 5.12. The Morgan fingerprint density at radius 1 is 1.47 bits per heavy atom. The fourth-order valence-electron chi connectivity index (χ4n) is 2.13. The van der Waals surface area contributed by atoms with Crippen molar-refractivity contribution >= 4 is 12.3 Å².